The molecule has 0 bridgehead atoms. The fraction of sp³-hybridized carbons (Fsp3) is 0.739. The first-order valence-corrected chi connectivity index (χ1v) is 11.6. The largest absolute Gasteiger partial charge is 0.381 e. The zero-order valence-electron chi connectivity index (χ0n) is 18.7. The van der Waals surface area contributed by atoms with Crippen LogP contribution in [0.25, 0.3) is 0 Å². The molecular formula is C23H34N4O4. The van der Waals surface area contributed by atoms with Gasteiger partial charge in [-0.2, -0.15) is 0 Å². The van der Waals surface area contributed by atoms with E-state index in [0.717, 1.165) is 31.4 Å². The molecule has 170 valence electrons. The van der Waals surface area contributed by atoms with Crippen LogP contribution in [0, 0.1) is 11.8 Å². The van der Waals surface area contributed by atoms with Crippen molar-refractivity contribution in [3.8, 4) is 0 Å². The Bertz CT molecular complexity index is 853. The number of likely N-dealkylation sites (tertiary alicyclic amines) is 2. The maximum absolute atomic E-state index is 13.1. The summed E-state index contributed by atoms with van der Waals surface area (Å²) in [6.07, 6.45) is 5.46. The number of piperidine rings is 1. The molecule has 0 saturated carbocycles. The van der Waals surface area contributed by atoms with Gasteiger partial charge in [0, 0.05) is 57.9 Å². The Morgan fingerprint density at radius 1 is 1.16 bits per heavy atom. The molecule has 3 aliphatic rings. The molecule has 0 spiro atoms. The summed E-state index contributed by atoms with van der Waals surface area (Å²) in [6, 6.07) is 1.85. The summed E-state index contributed by atoms with van der Waals surface area (Å²) >= 11 is 0. The SMILES string of the molecule is CC(C)c1cc(=O)n(CC2CCN(C(=O)C3CC(=O)N(C4CCOCC4)C3)CC2)cn1. The second-order valence-corrected chi connectivity index (χ2v) is 9.52. The molecule has 0 N–H and O–H groups in total. The molecular weight excluding hydrogens is 396 g/mol. The van der Waals surface area contributed by atoms with Crippen molar-refractivity contribution in [3.63, 3.8) is 0 Å². The first-order valence-electron chi connectivity index (χ1n) is 11.6. The molecule has 1 atom stereocenters. The number of ether oxygens (including phenoxy) is 1. The van der Waals surface area contributed by atoms with E-state index >= 15 is 0 Å². The van der Waals surface area contributed by atoms with Crippen molar-refractivity contribution in [2.24, 2.45) is 11.8 Å². The quantitative estimate of drug-likeness (QED) is 0.709. The number of carbonyl (C=O) groups excluding carboxylic acids is 2. The third-order valence-corrected chi connectivity index (χ3v) is 7.01. The molecule has 0 aliphatic carbocycles. The Morgan fingerprint density at radius 3 is 2.52 bits per heavy atom. The average Bonchev–Trinajstić information content (AvgIpc) is 3.17. The van der Waals surface area contributed by atoms with Crippen LogP contribution in [0.15, 0.2) is 17.2 Å². The summed E-state index contributed by atoms with van der Waals surface area (Å²) in [7, 11) is 0. The van der Waals surface area contributed by atoms with Gasteiger partial charge in [-0.05, 0) is 37.5 Å². The van der Waals surface area contributed by atoms with Gasteiger partial charge < -0.3 is 14.5 Å². The van der Waals surface area contributed by atoms with Crippen LogP contribution in [-0.4, -0.2) is 70.1 Å². The van der Waals surface area contributed by atoms with E-state index in [9.17, 15) is 14.4 Å². The van der Waals surface area contributed by atoms with E-state index < -0.39 is 0 Å². The van der Waals surface area contributed by atoms with E-state index in [2.05, 4.69) is 4.98 Å². The van der Waals surface area contributed by atoms with Gasteiger partial charge in [0.2, 0.25) is 11.8 Å². The minimum atomic E-state index is -0.220. The average molecular weight is 431 g/mol. The van der Waals surface area contributed by atoms with E-state index in [1.165, 1.54) is 0 Å². The van der Waals surface area contributed by atoms with Gasteiger partial charge in [-0.25, -0.2) is 4.98 Å². The molecule has 3 saturated heterocycles. The molecule has 3 fully saturated rings. The van der Waals surface area contributed by atoms with Gasteiger partial charge >= 0.3 is 0 Å². The molecule has 1 aromatic rings. The second-order valence-electron chi connectivity index (χ2n) is 9.52. The summed E-state index contributed by atoms with van der Waals surface area (Å²) < 4.78 is 7.09. The van der Waals surface area contributed by atoms with Gasteiger partial charge in [0.15, 0.2) is 0 Å². The number of nitrogens with zero attached hydrogens (tertiary/aromatic N) is 4. The van der Waals surface area contributed by atoms with Crippen LogP contribution in [0.2, 0.25) is 0 Å². The molecule has 31 heavy (non-hydrogen) atoms. The molecule has 0 radical (unpaired) electrons. The van der Waals surface area contributed by atoms with Crippen LogP contribution >= 0.6 is 0 Å². The van der Waals surface area contributed by atoms with Crippen LogP contribution in [-0.2, 0) is 20.9 Å². The predicted molar refractivity (Wildman–Crippen MR) is 116 cm³/mol. The lowest BCUT2D eigenvalue weighted by Crippen LogP contribution is -2.44. The summed E-state index contributed by atoms with van der Waals surface area (Å²) in [5.41, 5.74) is 0.817. The normalized spacial score (nSPS) is 23.7. The van der Waals surface area contributed by atoms with Crippen molar-refractivity contribution in [2.45, 2.75) is 64.5 Å². The van der Waals surface area contributed by atoms with E-state index in [1.807, 2.05) is 23.6 Å². The number of aromatic nitrogens is 2. The number of hydrogen-bond acceptors (Lipinski definition) is 5. The van der Waals surface area contributed by atoms with Crippen molar-refractivity contribution >= 4 is 11.8 Å². The third-order valence-electron chi connectivity index (χ3n) is 7.01. The van der Waals surface area contributed by atoms with Gasteiger partial charge in [0.05, 0.1) is 17.9 Å². The van der Waals surface area contributed by atoms with Crippen LogP contribution in [0.5, 0.6) is 0 Å². The Kier molecular flexibility index (Phi) is 6.74. The number of amides is 2. The van der Waals surface area contributed by atoms with Gasteiger partial charge in [-0.15, -0.1) is 0 Å². The van der Waals surface area contributed by atoms with E-state index in [4.69, 9.17) is 4.74 Å². The number of carbonyl (C=O) groups is 2. The number of rotatable bonds is 5. The van der Waals surface area contributed by atoms with Crippen molar-refractivity contribution < 1.29 is 14.3 Å². The lowest BCUT2D eigenvalue weighted by molar-refractivity contribution is -0.137. The maximum Gasteiger partial charge on any atom is 0.253 e. The van der Waals surface area contributed by atoms with Gasteiger partial charge in [-0.3, -0.25) is 19.0 Å². The first-order chi connectivity index (χ1) is 14.9. The molecule has 3 aliphatic heterocycles. The second kappa shape index (κ2) is 9.51. The fourth-order valence-electron chi connectivity index (χ4n) is 5.01. The minimum Gasteiger partial charge on any atom is -0.381 e. The van der Waals surface area contributed by atoms with Crippen molar-refractivity contribution in [3.05, 3.63) is 28.4 Å². The number of hydrogen-bond donors (Lipinski definition) is 0. The lowest BCUT2D eigenvalue weighted by Gasteiger charge is -2.34. The van der Waals surface area contributed by atoms with Crippen LogP contribution in [0.1, 0.15) is 57.6 Å². The lowest BCUT2D eigenvalue weighted by atomic mass is 9.95. The zero-order valence-corrected chi connectivity index (χ0v) is 18.7. The van der Waals surface area contributed by atoms with E-state index in [0.29, 0.717) is 51.7 Å². The highest BCUT2D eigenvalue weighted by Gasteiger charge is 2.40. The standard InChI is InChI=1S/C23H34N4O4/c1-16(2)20-12-21(28)26(15-24-20)13-17-3-7-25(8-4-17)23(30)18-11-22(29)27(14-18)19-5-9-31-10-6-19/h12,15-19H,3-11,13-14H2,1-2H3. The highest BCUT2D eigenvalue weighted by Crippen LogP contribution is 2.28. The third kappa shape index (κ3) is 5.00. The first kappa shape index (κ1) is 22.0. The summed E-state index contributed by atoms with van der Waals surface area (Å²) in [5, 5.41) is 0. The smallest absolute Gasteiger partial charge is 0.253 e. The molecule has 8 heteroatoms. The van der Waals surface area contributed by atoms with Crippen molar-refractivity contribution in [1.82, 2.24) is 19.4 Å². The van der Waals surface area contributed by atoms with Gasteiger partial charge in [0.1, 0.15) is 0 Å². The summed E-state index contributed by atoms with van der Waals surface area (Å²) in [6.45, 7) is 8.02. The Hall–Kier alpha value is -2.22. The molecule has 2 amide bonds. The molecule has 4 heterocycles. The molecule has 1 unspecified atom stereocenters. The maximum atomic E-state index is 13.1. The van der Waals surface area contributed by atoms with Crippen LogP contribution in [0.3, 0.4) is 0 Å². The zero-order chi connectivity index (χ0) is 22.0. The van der Waals surface area contributed by atoms with Gasteiger partial charge in [0.25, 0.3) is 5.56 Å². The van der Waals surface area contributed by atoms with Crippen LogP contribution < -0.4 is 5.56 Å². The van der Waals surface area contributed by atoms with Gasteiger partial charge in [-0.1, -0.05) is 13.8 Å². The highest BCUT2D eigenvalue weighted by atomic mass is 16.5. The van der Waals surface area contributed by atoms with E-state index in [-0.39, 0.29) is 35.3 Å². The molecule has 8 nitrogen and oxygen atoms in total. The molecule has 0 aromatic carbocycles. The summed E-state index contributed by atoms with van der Waals surface area (Å²) in [5.74, 6) is 0.597. The topological polar surface area (TPSA) is 84.7 Å². The monoisotopic (exact) mass is 430 g/mol. The van der Waals surface area contributed by atoms with Crippen molar-refractivity contribution in [2.75, 3.05) is 32.8 Å². The minimum absolute atomic E-state index is 0.00474. The van der Waals surface area contributed by atoms with Crippen molar-refractivity contribution in [1.29, 1.82) is 0 Å². The van der Waals surface area contributed by atoms with E-state index in [1.54, 1.807) is 17.0 Å². The molecule has 1 aromatic heterocycles. The highest BCUT2D eigenvalue weighted by molar-refractivity contribution is 5.89. The fourth-order valence-corrected chi connectivity index (χ4v) is 5.01. The summed E-state index contributed by atoms with van der Waals surface area (Å²) in [4.78, 5) is 46.2. The Labute approximate surface area is 183 Å². The Morgan fingerprint density at radius 2 is 1.87 bits per heavy atom. The van der Waals surface area contributed by atoms with Crippen LogP contribution in [0.4, 0.5) is 0 Å². The Balaban J connectivity index is 1.28. The predicted octanol–water partition coefficient (Wildman–Crippen LogP) is 1.63. The molecule has 4 rings (SSSR count).